The Bertz CT molecular complexity index is 201. The summed E-state index contributed by atoms with van der Waals surface area (Å²) in [6.45, 7) is 3.64. The van der Waals surface area contributed by atoms with Crippen molar-refractivity contribution < 1.29 is 14.9 Å². The van der Waals surface area contributed by atoms with Crippen molar-refractivity contribution in [1.29, 1.82) is 0 Å². The molecule has 2 rings (SSSR count). The second kappa shape index (κ2) is 14.1. The van der Waals surface area contributed by atoms with Crippen molar-refractivity contribution in [3.63, 3.8) is 0 Å². The van der Waals surface area contributed by atoms with E-state index in [0.717, 1.165) is 33.2 Å². The zero-order valence-corrected chi connectivity index (χ0v) is 10.2. The van der Waals surface area contributed by atoms with Crippen LogP contribution in [-0.2, 0) is 9.78 Å². The predicted molar refractivity (Wildman–Crippen MR) is 65.5 cm³/mol. The highest BCUT2D eigenvalue weighted by Crippen LogP contribution is 1.97. The molecule has 0 amide bonds. The number of rotatable bonds is 0. The van der Waals surface area contributed by atoms with Crippen molar-refractivity contribution in [3.8, 4) is 0 Å². The van der Waals surface area contributed by atoms with Crippen LogP contribution in [0.4, 0.5) is 0 Å². The normalized spacial score (nSPS) is 13.2. The number of aryl methyl sites for hydroxylation is 1. The highest BCUT2D eigenvalue weighted by Gasteiger charge is 1.95. The van der Waals surface area contributed by atoms with Gasteiger partial charge in [-0.15, -0.1) is 0 Å². The van der Waals surface area contributed by atoms with Gasteiger partial charge in [0.2, 0.25) is 0 Å². The Hall–Kier alpha value is -0.940. The van der Waals surface area contributed by atoms with Gasteiger partial charge in [0.15, 0.2) is 0 Å². The van der Waals surface area contributed by atoms with E-state index in [1.54, 1.807) is 0 Å². The zero-order chi connectivity index (χ0) is 11.4. The van der Waals surface area contributed by atoms with Gasteiger partial charge in [-0.25, -0.2) is 9.78 Å². The van der Waals surface area contributed by atoms with E-state index in [9.17, 15) is 0 Å². The van der Waals surface area contributed by atoms with Crippen LogP contribution in [0.25, 0.3) is 0 Å². The van der Waals surface area contributed by atoms with E-state index in [0.29, 0.717) is 0 Å². The van der Waals surface area contributed by atoms with Crippen LogP contribution in [0.3, 0.4) is 0 Å². The molecule has 94 valence electrons. The molecule has 4 heteroatoms. The van der Waals surface area contributed by atoms with E-state index >= 15 is 0 Å². The van der Waals surface area contributed by atoms with Crippen molar-refractivity contribution in [2.24, 2.45) is 0 Å². The van der Waals surface area contributed by atoms with Gasteiger partial charge in [0.25, 0.3) is 0 Å². The molecule has 0 bridgehead atoms. The summed E-state index contributed by atoms with van der Waals surface area (Å²) < 4.78 is 0. The number of aliphatic hydroxyl groups excluding tert-OH is 1. The van der Waals surface area contributed by atoms with Crippen molar-refractivity contribution in [2.45, 2.75) is 19.8 Å². The topological polar surface area (TPSA) is 73.7 Å². The Kier molecular flexibility index (Phi) is 15.3. The molecule has 1 aromatic rings. The Morgan fingerprint density at radius 1 is 0.938 bits per heavy atom. The first-order chi connectivity index (χ1) is 7.39. The summed E-state index contributed by atoms with van der Waals surface area (Å²) >= 11 is 0. The SMILES string of the molecule is C1CCOOC1.CO.Cc1ccccc1.N. The molecule has 1 aliphatic rings. The van der Waals surface area contributed by atoms with Crippen LogP contribution >= 0.6 is 0 Å². The third-order valence-electron chi connectivity index (χ3n) is 1.73. The minimum absolute atomic E-state index is 0. The van der Waals surface area contributed by atoms with Crippen molar-refractivity contribution in [1.82, 2.24) is 6.15 Å². The number of hydrogen-bond donors (Lipinski definition) is 2. The van der Waals surface area contributed by atoms with Gasteiger partial charge in [0.1, 0.15) is 0 Å². The average Bonchev–Trinajstić information content (AvgIpc) is 2.36. The molecular weight excluding hydrogens is 206 g/mol. The van der Waals surface area contributed by atoms with Gasteiger partial charge in [-0.05, 0) is 19.8 Å². The average molecular weight is 229 g/mol. The number of aliphatic hydroxyl groups is 1. The maximum absolute atomic E-state index is 7.00. The molecule has 0 spiro atoms. The highest BCUT2D eigenvalue weighted by atomic mass is 17.2. The minimum Gasteiger partial charge on any atom is -0.400 e. The number of hydrogen-bond acceptors (Lipinski definition) is 4. The second-order valence-corrected chi connectivity index (χ2v) is 3.01. The Labute approximate surface area is 97.7 Å². The molecule has 0 radical (unpaired) electrons. The molecule has 0 unspecified atom stereocenters. The van der Waals surface area contributed by atoms with Crippen LogP contribution in [-0.4, -0.2) is 25.4 Å². The molecule has 0 atom stereocenters. The lowest BCUT2D eigenvalue weighted by Gasteiger charge is -2.07. The quantitative estimate of drug-likeness (QED) is 0.670. The lowest BCUT2D eigenvalue weighted by Crippen LogP contribution is -2.05. The summed E-state index contributed by atoms with van der Waals surface area (Å²) in [5.74, 6) is 0. The van der Waals surface area contributed by atoms with Gasteiger partial charge >= 0.3 is 0 Å². The van der Waals surface area contributed by atoms with Gasteiger partial charge < -0.3 is 11.3 Å². The summed E-state index contributed by atoms with van der Waals surface area (Å²) in [7, 11) is 1.00. The first kappa shape index (κ1) is 17.5. The fourth-order valence-electron chi connectivity index (χ4n) is 0.974. The summed E-state index contributed by atoms with van der Waals surface area (Å²) in [6.07, 6.45) is 2.31. The predicted octanol–water partition coefficient (Wildman–Crippen LogP) is 2.49. The van der Waals surface area contributed by atoms with Crippen LogP contribution in [0.1, 0.15) is 18.4 Å². The number of benzene rings is 1. The van der Waals surface area contributed by atoms with Gasteiger partial charge in [0, 0.05) is 7.11 Å². The van der Waals surface area contributed by atoms with Crippen LogP contribution in [0, 0.1) is 6.92 Å². The molecule has 4 N–H and O–H groups in total. The molecule has 0 aliphatic carbocycles. The molecule has 0 aromatic heterocycles. The molecule has 1 fully saturated rings. The van der Waals surface area contributed by atoms with Crippen molar-refractivity contribution in [2.75, 3.05) is 20.3 Å². The van der Waals surface area contributed by atoms with Crippen molar-refractivity contribution in [3.05, 3.63) is 35.9 Å². The van der Waals surface area contributed by atoms with E-state index in [1.165, 1.54) is 5.56 Å². The van der Waals surface area contributed by atoms with Gasteiger partial charge in [-0.3, -0.25) is 0 Å². The van der Waals surface area contributed by atoms with Crippen LogP contribution < -0.4 is 6.15 Å². The van der Waals surface area contributed by atoms with Gasteiger partial charge in [-0.2, -0.15) is 0 Å². The highest BCUT2D eigenvalue weighted by molar-refractivity contribution is 5.11. The van der Waals surface area contributed by atoms with E-state index in [4.69, 9.17) is 5.11 Å². The molecule has 1 aliphatic heterocycles. The van der Waals surface area contributed by atoms with Gasteiger partial charge in [0.05, 0.1) is 13.2 Å². The first-order valence-electron chi connectivity index (χ1n) is 5.10. The van der Waals surface area contributed by atoms with E-state index < -0.39 is 0 Å². The smallest absolute Gasteiger partial charge is 0.0823 e. The summed E-state index contributed by atoms with van der Waals surface area (Å²) in [4.78, 5) is 9.14. The molecule has 16 heavy (non-hydrogen) atoms. The fourth-order valence-corrected chi connectivity index (χ4v) is 0.974. The van der Waals surface area contributed by atoms with Crippen LogP contribution in [0.2, 0.25) is 0 Å². The first-order valence-corrected chi connectivity index (χ1v) is 5.10. The van der Waals surface area contributed by atoms with E-state index in [1.807, 2.05) is 18.2 Å². The molecular formula is C12H23NO3. The van der Waals surface area contributed by atoms with Crippen LogP contribution in [0.15, 0.2) is 30.3 Å². The lowest BCUT2D eigenvalue weighted by molar-refractivity contribution is -0.312. The molecule has 0 saturated carbocycles. The fraction of sp³-hybridized carbons (Fsp3) is 0.500. The third kappa shape index (κ3) is 11.1. The van der Waals surface area contributed by atoms with Crippen LogP contribution in [0.5, 0.6) is 0 Å². The van der Waals surface area contributed by atoms with Crippen molar-refractivity contribution >= 4 is 0 Å². The second-order valence-electron chi connectivity index (χ2n) is 3.01. The summed E-state index contributed by atoms with van der Waals surface area (Å²) in [5, 5.41) is 7.00. The molecule has 1 heterocycles. The minimum atomic E-state index is 0. The van der Waals surface area contributed by atoms with E-state index in [-0.39, 0.29) is 6.15 Å². The molecule has 4 nitrogen and oxygen atoms in total. The third-order valence-corrected chi connectivity index (χ3v) is 1.73. The largest absolute Gasteiger partial charge is 0.400 e. The lowest BCUT2D eigenvalue weighted by atomic mass is 10.2. The Balaban J connectivity index is 0. The van der Waals surface area contributed by atoms with E-state index in [2.05, 4.69) is 28.8 Å². The Morgan fingerprint density at radius 2 is 1.38 bits per heavy atom. The van der Waals surface area contributed by atoms with Gasteiger partial charge in [-0.1, -0.05) is 35.9 Å². The molecule has 1 saturated heterocycles. The molecule has 1 aromatic carbocycles. The summed E-state index contributed by atoms with van der Waals surface area (Å²) in [5.41, 5.74) is 1.32. The maximum Gasteiger partial charge on any atom is 0.0823 e. The summed E-state index contributed by atoms with van der Waals surface area (Å²) in [6, 6.07) is 10.3. The zero-order valence-electron chi connectivity index (χ0n) is 10.2. The monoisotopic (exact) mass is 229 g/mol. The standard InChI is InChI=1S/C7H8.C4H8O2.CH4O.H3N/c1-7-5-3-2-4-6-7;1-2-4-6-5-3-1;1-2;/h2-6H,1H3;1-4H2;2H,1H3;1H3. The maximum atomic E-state index is 7.00. The Morgan fingerprint density at radius 3 is 1.56 bits per heavy atom.